The number of ether oxygens (including phenoxy) is 1. The molecule has 2 aromatic rings. The lowest BCUT2D eigenvalue weighted by molar-refractivity contribution is -0.137. The van der Waals surface area contributed by atoms with E-state index in [-0.39, 0.29) is 24.1 Å². The summed E-state index contributed by atoms with van der Waals surface area (Å²) in [5.41, 5.74) is 0.439. The van der Waals surface area contributed by atoms with Gasteiger partial charge in [-0.05, 0) is 75.1 Å². The topological polar surface area (TPSA) is 49.9 Å². The van der Waals surface area contributed by atoms with Gasteiger partial charge < -0.3 is 9.64 Å². The molecule has 1 saturated heterocycles. The number of halogens is 3. The molecule has 0 unspecified atom stereocenters. The van der Waals surface area contributed by atoms with E-state index in [1.807, 2.05) is 18.2 Å². The van der Waals surface area contributed by atoms with Crippen molar-refractivity contribution in [3.8, 4) is 0 Å². The molecule has 0 radical (unpaired) electrons. The molecule has 5 nitrogen and oxygen atoms in total. The first kappa shape index (κ1) is 25.7. The van der Waals surface area contributed by atoms with Gasteiger partial charge in [-0.3, -0.25) is 0 Å². The van der Waals surface area contributed by atoms with E-state index >= 15 is 0 Å². The van der Waals surface area contributed by atoms with Crippen LogP contribution in [0.25, 0.3) is 0 Å². The van der Waals surface area contributed by atoms with Gasteiger partial charge in [0.25, 0.3) is 0 Å². The highest BCUT2D eigenvalue weighted by Gasteiger charge is 2.35. The highest BCUT2D eigenvalue weighted by molar-refractivity contribution is 7.89. The molecule has 0 aromatic heterocycles. The van der Waals surface area contributed by atoms with E-state index in [2.05, 4.69) is 17.0 Å². The summed E-state index contributed by atoms with van der Waals surface area (Å²) in [6, 6.07) is 13.8. The minimum absolute atomic E-state index is 0.128. The normalized spacial score (nSPS) is 16.4. The van der Waals surface area contributed by atoms with Crippen molar-refractivity contribution in [1.82, 2.24) is 9.21 Å². The number of alkyl halides is 3. The monoisotopic (exact) mass is 484 g/mol. The van der Waals surface area contributed by atoms with Crippen LogP contribution in [0, 0.1) is 0 Å². The van der Waals surface area contributed by atoms with E-state index in [0.29, 0.717) is 12.8 Å². The second kappa shape index (κ2) is 11.5. The van der Waals surface area contributed by atoms with E-state index in [9.17, 15) is 21.6 Å². The third-order valence-electron chi connectivity index (χ3n) is 6.05. The molecule has 2 aromatic carbocycles. The fourth-order valence-electron chi connectivity index (χ4n) is 4.21. The number of hydrogen-bond acceptors (Lipinski definition) is 4. The highest BCUT2D eigenvalue weighted by Crippen LogP contribution is 2.31. The quantitative estimate of drug-likeness (QED) is 0.500. The highest BCUT2D eigenvalue weighted by atomic mass is 32.2. The standard InChI is InChI=1S/C24H31F3N2O3S/c1-32-19-18-29(33(30,31)23-11-9-21(10-12-23)24(25,26)27)22-13-16-28(17-14-22)15-5-8-20-6-3-2-4-7-20/h2-4,6-7,9-12,22H,5,8,13-19H2,1H3. The summed E-state index contributed by atoms with van der Waals surface area (Å²) < 4.78 is 71.7. The van der Waals surface area contributed by atoms with Crippen molar-refractivity contribution >= 4 is 10.0 Å². The maximum Gasteiger partial charge on any atom is 0.416 e. The Hall–Kier alpha value is -1.94. The van der Waals surface area contributed by atoms with Gasteiger partial charge >= 0.3 is 6.18 Å². The van der Waals surface area contributed by atoms with Gasteiger partial charge in [0.15, 0.2) is 0 Å². The predicted octanol–water partition coefficient (Wildman–Crippen LogP) is 4.44. The molecule has 0 spiro atoms. The van der Waals surface area contributed by atoms with E-state index in [1.54, 1.807) is 0 Å². The molecule has 1 aliphatic heterocycles. The van der Waals surface area contributed by atoms with Gasteiger partial charge in [-0.15, -0.1) is 0 Å². The van der Waals surface area contributed by atoms with Crippen LogP contribution in [0.15, 0.2) is 59.5 Å². The predicted molar refractivity (Wildman–Crippen MR) is 121 cm³/mol. The van der Waals surface area contributed by atoms with Crippen molar-refractivity contribution in [3.63, 3.8) is 0 Å². The first-order chi connectivity index (χ1) is 15.7. The number of benzene rings is 2. The maximum atomic E-state index is 13.3. The minimum atomic E-state index is -4.51. The Morgan fingerprint density at radius 2 is 1.67 bits per heavy atom. The van der Waals surface area contributed by atoms with Crippen LogP contribution in [0.1, 0.15) is 30.4 Å². The molecule has 0 saturated carbocycles. The van der Waals surface area contributed by atoms with Crippen molar-refractivity contribution in [3.05, 3.63) is 65.7 Å². The van der Waals surface area contributed by atoms with Crippen molar-refractivity contribution < 1.29 is 26.3 Å². The lowest BCUT2D eigenvalue weighted by atomic mass is 10.0. The van der Waals surface area contributed by atoms with Gasteiger partial charge in [0.05, 0.1) is 17.1 Å². The average molecular weight is 485 g/mol. The zero-order chi connectivity index (χ0) is 23.9. The second-order valence-electron chi connectivity index (χ2n) is 8.29. The summed E-state index contributed by atoms with van der Waals surface area (Å²) >= 11 is 0. The molecule has 0 aliphatic carbocycles. The van der Waals surface area contributed by atoms with Crippen molar-refractivity contribution in [1.29, 1.82) is 0 Å². The number of rotatable bonds is 10. The van der Waals surface area contributed by atoms with Gasteiger partial charge in [-0.2, -0.15) is 17.5 Å². The summed E-state index contributed by atoms with van der Waals surface area (Å²) in [4.78, 5) is 2.22. The maximum absolute atomic E-state index is 13.3. The Morgan fingerprint density at radius 3 is 2.24 bits per heavy atom. The van der Waals surface area contributed by atoms with Crippen molar-refractivity contribution in [2.45, 2.75) is 42.8 Å². The van der Waals surface area contributed by atoms with Gasteiger partial charge in [0.2, 0.25) is 10.0 Å². The molecule has 9 heteroatoms. The number of sulfonamides is 1. The summed E-state index contributed by atoms with van der Waals surface area (Å²) in [6.45, 7) is 2.90. The number of aryl methyl sites for hydroxylation is 1. The molecular weight excluding hydrogens is 453 g/mol. The Labute approximate surface area is 194 Å². The summed E-state index contributed by atoms with van der Waals surface area (Å²) in [6.07, 6.45) is -1.12. The van der Waals surface area contributed by atoms with E-state index in [1.165, 1.54) is 17.0 Å². The van der Waals surface area contributed by atoms with Crippen LogP contribution >= 0.6 is 0 Å². The van der Waals surface area contributed by atoms with Crippen LogP contribution in [-0.2, 0) is 27.4 Å². The lowest BCUT2D eigenvalue weighted by Gasteiger charge is -2.37. The minimum Gasteiger partial charge on any atom is -0.383 e. The molecule has 182 valence electrons. The zero-order valence-corrected chi connectivity index (χ0v) is 19.6. The van der Waals surface area contributed by atoms with E-state index in [4.69, 9.17) is 4.74 Å². The van der Waals surface area contributed by atoms with Gasteiger partial charge in [-0.1, -0.05) is 30.3 Å². The molecular formula is C24H31F3N2O3S. The summed E-state index contributed by atoms with van der Waals surface area (Å²) in [7, 11) is -2.44. The molecule has 3 rings (SSSR count). The third-order valence-corrected chi connectivity index (χ3v) is 8.02. The van der Waals surface area contributed by atoms with E-state index in [0.717, 1.165) is 56.7 Å². The van der Waals surface area contributed by atoms with Crippen LogP contribution < -0.4 is 0 Å². The molecule has 0 N–H and O–H groups in total. The van der Waals surface area contributed by atoms with Gasteiger partial charge in [0, 0.05) is 19.7 Å². The first-order valence-electron chi connectivity index (χ1n) is 11.2. The molecule has 0 atom stereocenters. The van der Waals surface area contributed by atoms with Crippen LogP contribution in [0.4, 0.5) is 13.2 Å². The molecule has 1 aliphatic rings. The van der Waals surface area contributed by atoms with Crippen LogP contribution in [0.2, 0.25) is 0 Å². The molecule has 1 fully saturated rings. The van der Waals surface area contributed by atoms with Crippen LogP contribution in [-0.4, -0.2) is 63.6 Å². The molecule has 1 heterocycles. The smallest absolute Gasteiger partial charge is 0.383 e. The Bertz CT molecular complexity index is 959. The number of nitrogens with zero attached hydrogens (tertiary/aromatic N) is 2. The number of piperidine rings is 1. The Kier molecular flexibility index (Phi) is 8.92. The van der Waals surface area contributed by atoms with Crippen LogP contribution in [0.5, 0.6) is 0 Å². The van der Waals surface area contributed by atoms with E-state index < -0.39 is 21.8 Å². The third kappa shape index (κ3) is 7.02. The Morgan fingerprint density at radius 1 is 1.03 bits per heavy atom. The largest absolute Gasteiger partial charge is 0.416 e. The fraction of sp³-hybridized carbons (Fsp3) is 0.500. The van der Waals surface area contributed by atoms with Crippen molar-refractivity contribution in [2.75, 3.05) is 39.9 Å². The fourth-order valence-corrected chi connectivity index (χ4v) is 5.88. The number of methoxy groups -OCH3 is 1. The van der Waals surface area contributed by atoms with Gasteiger partial charge in [0.1, 0.15) is 0 Å². The molecule has 0 amide bonds. The summed E-state index contributed by atoms with van der Waals surface area (Å²) in [5.74, 6) is 0. The second-order valence-corrected chi connectivity index (χ2v) is 10.2. The average Bonchev–Trinajstić information content (AvgIpc) is 2.80. The molecule has 0 bridgehead atoms. The number of likely N-dealkylation sites (tertiary alicyclic amines) is 1. The first-order valence-corrected chi connectivity index (χ1v) is 12.6. The number of hydrogen-bond donors (Lipinski definition) is 0. The Balaban J connectivity index is 1.61. The summed E-state index contributed by atoms with van der Waals surface area (Å²) in [5, 5.41) is 0. The zero-order valence-electron chi connectivity index (χ0n) is 18.8. The van der Waals surface area contributed by atoms with Gasteiger partial charge in [-0.25, -0.2) is 8.42 Å². The lowest BCUT2D eigenvalue weighted by Crippen LogP contribution is -2.48. The molecule has 33 heavy (non-hydrogen) atoms. The van der Waals surface area contributed by atoms with Crippen LogP contribution in [0.3, 0.4) is 0 Å². The van der Waals surface area contributed by atoms with Crippen molar-refractivity contribution in [2.24, 2.45) is 0 Å². The SMILES string of the molecule is COCCN(C1CCN(CCCc2ccccc2)CC1)S(=O)(=O)c1ccc(C(F)(F)F)cc1.